The highest BCUT2D eigenvalue weighted by molar-refractivity contribution is 7.80. The van der Waals surface area contributed by atoms with Crippen LogP contribution in [0.3, 0.4) is 0 Å². The number of anilines is 1. The first kappa shape index (κ1) is 15.6. The van der Waals surface area contributed by atoms with E-state index < -0.39 is 0 Å². The van der Waals surface area contributed by atoms with Crippen molar-refractivity contribution in [1.82, 2.24) is 9.55 Å². The van der Waals surface area contributed by atoms with E-state index >= 15 is 0 Å². The minimum absolute atomic E-state index is 0.0518. The van der Waals surface area contributed by atoms with Crippen molar-refractivity contribution >= 4 is 23.0 Å². The largest absolute Gasteiger partial charge is 0.393 e. The summed E-state index contributed by atoms with van der Waals surface area (Å²) in [5.41, 5.74) is 5.58. The third kappa shape index (κ3) is 4.02. The highest BCUT2D eigenvalue weighted by atomic mass is 32.1. The first-order chi connectivity index (χ1) is 9.01. The van der Waals surface area contributed by atoms with Crippen molar-refractivity contribution in [2.45, 2.75) is 33.7 Å². The number of aryl methyl sites for hydroxylation is 1. The molecule has 1 unspecified atom stereocenters. The average Bonchev–Trinajstić information content (AvgIpc) is 2.38. The topological polar surface area (TPSA) is 64.2 Å². The second-order valence-corrected chi connectivity index (χ2v) is 5.06. The van der Waals surface area contributed by atoms with Crippen LogP contribution < -0.4 is 16.2 Å². The Labute approximate surface area is 119 Å². The van der Waals surface area contributed by atoms with Gasteiger partial charge in [0.2, 0.25) is 0 Å². The summed E-state index contributed by atoms with van der Waals surface area (Å²) >= 11 is 4.98. The van der Waals surface area contributed by atoms with Crippen LogP contribution in [0, 0.1) is 5.92 Å². The van der Waals surface area contributed by atoms with Crippen molar-refractivity contribution in [1.29, 1.82) is 0 Å². The summed E-state index contributed by atoms with van der Waals surface area (Å²) in [7, 11) is 0. The number of nitrogens with two attached hydrogens (primary N) is 1. The van der Waals surface area contributed by atoms with Gasteiger partial charge in [0.1, 0.15) is 0 Å². The maximum atomic E-state index is 12.3. The Morgan fingerprint density at radius 2 is 2.26 bits per heavy atom. The predicted octanol–water partition coefficient (Wildman–Crippen LogP) is 1.40. The molecule has 1 aromatic heterocycles. The quantitative estimate of drug-likeness (QED) is 0.766. The predicted molar refractivity (Wildman–Crippen MR) is 82.6 cm³/mol. The second kappa shape index (κ2) is 7.23. The summed E-state index contributed by atoms with van der Waals surface area (Å²) in [6, 6.07) is 0. The Balaban J connectivity index is 3.02. The van der Waals surface area contributed by atoms with Crippen molar-refractivity contribution in [3.05, 3.63) is 22.7 Å². The maximum Gasteiger partial charge on any atom is 0.293 e. The summed E-state index contributed by atoms with van der Waals surface area (Å²) < 4.78 is 1.69. The van der Waals surface area contributed by atoms with Crippen molar-refractivity contribution < 1.29 is 0 Å². The Morgan fingerprint density at radius 3 is 2.79 bits per heavy atom. The number of nitrogens with zero attached hydrogens (tertiary/aromatic N) is 3. The third-order valence-corrected chi connectivity index (χ3v) is 3.42. The van der Waals surface area contributed by atoms with Crippen LogP contribution in [-0.2, 0) is 6.54 Å². The lowest BCUT2D eigenvalue weighted by Gasteiger charge is -2.24. The number of rotatable bonds is 7. The van der Waals surface area contributed by atoms with E-state index in [1.807, 2.05) is 25.7 Å². The number of hydrogen-bond donors (Lipinski definition) is 1. The van der Waals surface area contributed by atoms with Crippen LogP contribution in [0.25, 0.3) is 0 Å². The fourth-order valence-corrected chi connectivity index (χ4v) is 1.93. The van der Waals surface area contributed by atoms with Crippen LogP contribution in [0.1, 0.15) is 27.2 Å². The van der Waals surface area contributed by atoms with E-state index in [1.54, 1.807) is 17.0 Å². The van der Waals surface area contributed by atoms with Gasteiger partial charge >= 0.3 is 0 Å². The van der Waals surface area contributed by atoms with Gasteiger partial charge in [-0.2, -0.15) is 0 Å². The molecule has 2 N–H and O–H groups in total. The molecule has 0 spiro atoms. The van der Waals surface area contributed by atoms with Crippen LogP contribution in [0.5, 0.6) is 0 Å². The van der Waals surface area contributed by atoms with Gasteiger partial charge in [0.15, 0.2) is 5.82 Å². The van der Waals surface area contributed by atoms with Gasteiger partial charge in [0, 0.05) is 37.9 Å². The van der Waals surface area contributed by atoms with Crippen LogP contribution in [0.15, 0.2) is 17.2 Å². The fraction of sp³-hybridized carbons (Fsp3) is 0.615. The lowest BCUT2D eigenvalue weighted by molar-refractivity contribution is 0.633. The first-order valence-electron chi connectivity index (χ1n) is 6.60. The van der Waals surface area contributed by atoms with Gasteiger partial charge < -0.3 is 15.2 Å². The first-order valence-corrected chi connectivity index (χ1v) is 7.01. The zero-order chi connectivity index (χ0) is 14.4. The molecule has 0 aliphatic carbocycles. The van der Waals surface area contributed by atoms with E-state index in [9.17, 15) is 4.79 Å². The lowest BCUT2D eigenvalue weighted by atomic mass is 10.1. The van der Waals surface area contributed by atoms with Crippen molar-refractivity contribution in [3.8, 4) is 0 Å². The van der Waals surface area contributed by atoms with Gasteiger partial charge in [-0.1, -0.05) is 26.1 Å². The van der Waals surface area contributed by atoms with E-state index in [4.69, 9.17) is 18.0 Å². The molecule has 6 heteroatoms. The van der Waals surface area contributed by atoms with Gasteiger partial charge in [-0.05, 0) is 13.3 Å². The molecule has 106 valence electrons. The van der Waals surface area contributed by atoms with Crippen LogP contribution in [0.2, 0.25) is 0 Å². The molecule has 0 amide bonds. The van der Waals surface area contributed by atoms with E-state index in [0.29, 0.717) is 30.4 Å². The molecule has 0 radical (unpaired) electrons. The molecule has 1 aromatic rings. The average molecular weight is 282 g/mol. The molecule has 1 rings (SSSR count). The molecule has 1 atom stereocenters. The normalized spacial score (nSPS) is 12.2. The van der Waals surface area contributed by atoms with Crippen LogP contribution in [-0.4, -0.2) is 27.6 Å². The molecule has 0 fully saturated rings. The molecular formula is C13H22N4OS. The number of hydrogen-bond acceptors (Lipinski definition) is 4. The molecule has 0 saturated carbocycles. The Morgan fingerprint density at radius 1 is 1.58 bits per heavy atom. The highest BCUT2D eigenvalue weighted by Gasteiger charge is 2.16. The van der Waals surface area contributed by atoms with Gasteiger partial charge in [0.25, 0.3) is 5.56 Å². The lowest BCUT2D eigenvalue weighted by Crippen LogP contribution is -2.38. The minimum Gasteiger partial charge on any atom is -0.393 e. The Bertz CT molecular complexity index is 486. The zero-order valence-corrected chi connectivity index (χ0v) is 12.6. The monoisotopic (exact) mass is 282 g/mol. The van der Waals surface area contributed by atoms with Crippen LogP contribution in [0.4, 0.5) is 5.82 Å². The third-order valence-electron chi connectivity index (χ3n) is 3.02. The van der Waals surface area contributed by atoms with E-state index in [-0.39, 0.29) is 11.5 Å². The minimum atomic E-state index is -0.0543. The van der Waals surface area contributed by atoms with Gasteiger partial charge in [-0.15, -0.1) is 0 Å². The van der Waals surface area contributed by atoms with E-state index in [2.05, 4.69) is 4.98 Å². The van der Waals surface area contributed by atoms with Gasteiger partial charge in [-0.3, -0.25) is 4.79 Å². The SMILES string of the molecule is CCCn1ccnc(N(CC)CC(C)C(N)=S)c1=O. The molecule has 1 heterocycles. The Hall–Kier alpha value is -1.43. The summed E-state index contributed by atoms with van der Waals surface area (Å²) in [6.07, 6.45) is 4.30. The Kier molecular flexibility index (Phi) is 5.95. The summed E-state index contributed by atoms with van der Waals surface area (Å²) in [4.78, 5) is 18.9. The molecule has 0 aromatic carbocycles. The van der Waals surface area contributed by atoms with E-state index in [0.717, 1.165) is 6.42 Å². The molecule has 0 bridgehead atoms. The van der Waals surface area contributed by atoms with Crippen LogP contribution >= 0.6 is 12.2 Å². The molecule has 0 saturated heterocycles. The molecule has 0 aliphatic heterocycles. The summed E-state index contributed by atoms with van der Waals surface area (Å²) in [6.45, 7) is 8.01. The maximum absolute atomic E-state index is 12.3. The van der Waals surface area contributed by atoms with Crippen molar-refractivity contribution in [3.63, 3.8) is 0 Å². The van der Waals surface area contributed by atoms with Crippen molar-refractivity contribution in [2.75, 3.05) is 18.0 Å². The summed E-state index contributed by atoms with van der Waals surface area (Å²) in [5, 5.41) is 0. The van der Waals surface area contributed by atoms with Gasteiger partial charge in [-0.25, -0.2) is 4.98 Å². The van der Waals surface area contributed by atoms with Crippen molar-refractivity contribution in [2.24, 2.45) is 11.7 Å². The summed E-state index contributed by atoms with van der Waals surface area (Å²) in [5.74, 6) is 0.525. The molecule has 19 heavy (non-hydrogen) atoms. The molecule has 5 nitrogen and oxygen atoms in total. The molecular weight excluding hydrogens is 260 g/mol. The zero-order valence-electron chi connectivity index (χ0n) is 11.8. The number of thiocarbonyl (C=S) groups is 1. The van der Waals surface area contributed by atoms with E-state index in [1.165, 1.54) is 0 Å². The smallest absolute Gasteiger partial charge is 0.293 e. The molecule has 0 aliphatic rings. The highest BCUT2D eigenvalue weighted by Crippen LogP contribution is 2.08. The second-order valence-electron chi connectivity index (χ2n) is 4.59. The van der Waals surface area contributed by atoms with Gasteiger partial charge in [0.05, 0.1) is 4.99 Å². The fourth-order valence-electron chi connectivity index (χ4n) is 1.86. The number of aromatic nitrogens is 2. The standard InChI is InChI=1S/C13H22N4OS/c1-4-7-17-8-6-15-12(13(17)18)16(5-2)9-10(3)11(14)19/h6,8,10H,4-5,7,9H2,1-3H3,(H2,14,19).